The lowest BCUT2D eigenvalue weighted by Gasteiger charge is -2.59. The molecule has 2 aliphatic heterocycles. The van der Waals surface area contributed by atoms with Gasteiger partial charge in [0, 0.05) is 25.2 Å². The molecule has 2 rings (SSSR count). The van der Waals surface area contributed by atoms with Crippen molar-refractivity contribution >= 4 is 0 Å². The minimum atomic E-state index is -0.0764. The van der Waals surface area contributed by atoms with Crippen LogP contribution < -0.4 is 21.3 Å². The molecule has 0 spiro atoms. The fourth-order valence-corrected chi connectivity index (χ4v) is 2.51. The van der Waals surface area contributed by atoms with Gasteiger partial charge in [-0.15, -0.1) is 0 Å². The maximum absolute atomic E-state index is 3.68. The summed E-state index contributed by atoms with van der Waals surface area (Å²) in [5, 5.41) is 14.4. The summed E-state index contributed by atoms with van der Waals surface area (Å²) in [4.78, 5) is 0. The van der Waals surface area contributed by atoms with Crippen LogP contribution in [0.3, 0.4) is 0 Å². The maximum Gasteiger partial charge on any atom is 0.0983 e. The Kier molecular flexibility index (Phi) is 2.16. The van der Waals surface area contributed by atoms with E-state index in [0.717, 1.165) is 19.6 Å². The molecule has 4 heteroatoms. The zero-order valence-corrected chi connectivity index (χ0v) is 9.62. The zero-order chi connectivity index (χ0) is 10.4. The molecule has 2 fully saturated rings. The highest BCUT2D eigenvalue weighted by Gasteiger charge is 2.51. The van der Waals surface area contributed by atoms with Crippen molar-refractivity contribution in [3.63, 3.8) is 0 Å². The summed E-state index contributed by atoms with van der Waals surface area (Å²) in [7, 11) is 0. The largest absolute Gasteiger partial charge is 0.296 e. The highest BCUT2D eigenvalue weighted by molar-refractivity contribution is 5.12. The molecule has 4 nitrogen and oxygen atoms in total. The number of piperazine rings is 2. The van der Waals surface area contributed by atoms with Crippen LogP contribution in [0, 0.1) is 0 Å². The Bertz CT molecular complexity index is 240. The summed E-state index contributed by atoms with van der Waals surface area (Å²) in [5.41, 5.74) is 0.00799. The molecule has 0 amide bonds. The normalized spacial score (nSPS) is 47.1. The van der Waals surface area contributed by atoms with Crippen LogP contribution in [0.15, 0.2) is 0 Å². The van der Waals surface area contributed by atoms with Crippen molar-refractivity contribution in [2.24, 2.45) is 0 Å². The molecule has 0 aromatic heterocycles. The lowest BCUT2D eigenvalue weighted by Crippen LogP contribution is -2.88. The Morgan fingerprint density at radius 1 is 0.786 bits per heavy atom. The van der Waals surface area contributed by atoms with E-state index >= 15 is 0 Å². The van der Waals surface area contributed by atoms with Gasteiger partial charge in [0.1, 0.15) is 0 Å². The fraction of sp³-hybridized carbons (Fsp3) is 1.00. The molecule has 0 bridgehead atoms. The fourth-order valence-electron chi connectivity index (χ4n) is 2.51. The molecule has 2 aliphatic rings. The molecule has 14 heavy (non-hydrogen) atoms. The standard InChI is InChI=1S/C10H22N4/c1-8(2)7-13-9(3)10(4,14-8)12-6-5-11-9/h11-14H,5-7H2,1-4H3/t9-,10+/m1/s1. The van der Waals surface area contributed by atoms with Crippen molar-refractivity contribution in [3.05, 3.63) is 0 Å². The molecule has 0 aliphatic carbocycles. The van der Waals surface area contributed by atoms with Crippen LogP contribution in [0.25, 0.3) is 0 Å². The van der Waals surface area contributed by atoms with Gasteiger partial charge < -0.3 is 0 Å². The van der Waals surface area contributed by atoms with Gasteiger partial charge in [0.25, 0.3) is 0 Å². The van der Waals surface area contributed by atoms with E-state index in [2.05, 4.69) is 49.0 Å². The van der Waals surface area contributed by atoms with E-state index in [4.69, 9.17) is 0 Å². The minimum absolute atomic E-state index is 0.0548. The summed E-state index contributed by atoms with van der Waals surface area (Å²) in [6.07, 6.45) is 0. The molecular formula is C10H22N4. The second kappa shape index (κ2) is 2.92. The van der Waals surface area contributed by atoms with Gasteiger partial charge >= 0.3 is 0 Å². The molecule has 2 atom stereocenters. The van der Waals surface area contributed by atoms with Crippen LogP contribution in [0.5, 0.6) is 0 Å². The van der Waals surface area contributed by atoms with Crippen LogP contribution in [-0.4, -0.2) is 36.5 Å². The van der Waals surface area contributed by atoms with Gasteiger partial charge in [-0.25, -0.2) is 0 Å². The van der Waals surface area contributed by atoms with Crippen LogP contribution in [0.4, 0.5) is 0 Å². The third kappa shape index (κ3) is 1.46. The van der Waals surface area contributed by atoms with Crippen molar-refractivity contribution in [3.8, 4) is 0 Å². The molecule has 4 N–H and O–H groups in total. The number of hydrogen-bond donors (Lipinski definition) is 4. The lowest BCUT2D eigenvalue weighted by molar-refractivity contribution is -0.00248. The van der Waals surface area contributed by atoms with Crippen molar-refractivity contribution in [1.29, 1.82) is 0 Å². The molecule has 0 saturated carbocycles. The molecule has 2 saturated heterocycles. The Labute approximate surface area is 86.2 Å². The maximum atomic E-state index is 3.68. The van der Waals surface area contributed by atoms with Gasteiger partial charge in [-0.1, -0.05) is 0 Å². The Morgan fingerprint density at radius 3 is 2.00 bits per heavy atom. The van der Waals surface area contributed by atoms with Crippen molar-refractivity contribution in [1.82, 2.24) is 21.3 Å². The van der Waals surface area contributed by atoms with E-state index in [1.54, 1.807) is 0 Å². The SMILES string of the molecule is CC1(C)CN[C@@]2(C)NCCN[C@@]2(C)N1. The molecule has 0 aromatic carbocycles. The Balaban J connectivity index is 2.24. The Morgan fingerprint density at radius 2 is 1.36 bits per heavy atom. The van der Waals surface area contributed by atoms with E-state index in [-0.39, 0.29) is 16.9 Å². The minimum Gasteiger partial charge on any atom is -0.296 e. The molecule has 0 radical (unpaired) electrons. The molecule has 82 valence electrons. The lowest BCUT2D eigenvalue weighted by atomic mass is 9.85. The van der Waals surface area contributed by atoms with E-state index < -0.39 is 0 Å². The van der Waals surface area contributed by atoms with E-state index in [1.165, 1.54) is 0 Å². The van der Waals surface area contributed by atoms with Gasteiger partial charge in [-0.3, -0.25) is 21.3 Å². The van der Waals surface area contributed by atoms with Gasteiger partial charge in [0.2, 0.25) is 0 Å². The predicted molar refractivity (Wildman–Crippen MR) is 58.0 cm³/mol. The van der Waals surface area contributed by atoms with Crippen LogP contribution in [-0.2, 0) is 0 Å². The van der Waals surface area contributed by atoms with E-state index in [9.17, 15) is 0 Å². The summed E-state index contributed by atoms with van der Waals surface area (Å²) in [6, 6.07) is 0. The van der Waals surface area contributed by atoms with E-state index in [1.807, 2.05) is 0 Å². The number of rotatable bonds is 0. The van der Waals surface area contributed by atoms with Crippen LogP contribution >= 0.6 is 0 Å². The molecule has 0 aromatic rings. The van der Waals surface area contributed by atoms with Gasteiger partial charge in [0.15, 0.2) is 0 Å². The first-order valence-electron chi connectivity index (χ1n) is 5.41. The van der Waals surface area contributed by atoms with Crippen LogP contribution in [0.1, 0.15) is 27.7 Å². The van der Waals surface area contributed by atoms with Crippen molar-refractivity contribution in [2.75, 3.05) is 19.6 Å². The second-order valence-electron chi connectivity index (χ2n) is 5.47. The molecular weight excluding hydrogens is 176 g/mol. The van der Waals surface area contributed by atoms with Gasteiger partial charge in [0.05, 0.1) is 11.3 Å². The summed E-state index contributed by atoms with van der Waals surface area (Å²) >= 11 is 0. The highest BCUT2D eigenvalue weighted by Crippen LogP contribution is 2.26. The second-order valence-corrected chi connectivity index (χ2v) is 5.47. The monoisotopic (exact) mass is 198 g/mol. The third-order valence-corrected chi connectivity index (χ3v) is 3.55. The quantitative estimate of drug-likeness (QED) is 0.427. The molecule has 0 unspecified atom stereocenters. The Hall–Kier alpha value is -0.160. The van der Waals surface area contributed by atoms with Crippen molar-refractivity contribution < 1.29 is 0 Å². The molecule has 2 heterocycles. The zero-order valence-electron chi connectivity index (χ0n) is 9.62. The predicted octanol–water partition coefficient (Wildman–Crippen LogP) is -0.417. The highest BCUT2D eigenvalue weighted by atomic mass is 15.4. The first-order chi connectivity index (χ1) is 6.37. The first-order valence-corrected chi connectivity index (χ1v) is 5.41. The number of hydrogen-bond acceptors (Lipinski definition) is 4. The van der Waals surface area contributed by atoms with E-state index in [0.29, 0.717) is 0 Å². The van der Waals surface area contributed by atoms with Crippen LogP contribution in [0.2, 0.25) is 0 Å². The topological polar surface area (TPSA) is 48.1 Å². The summed E-state index contributed by atoms with van der Waals surface area (Å²) < 4.78 is 0. The first kappa shape index (κ1) is 10.4. The van der Waals surface area contributed by atoms with Gasteiger partial charge in [-0.05, 0) is 27.7 Å². The average molecular weight is 198 g/mol. The third-order valence-electron chi connectivity index (χ3n) is 3.55. The van der Waals surface area contributed by atoms with Gasteiger partial charge in [-0.2, -0.15) is 0 Å². The number of fused-ring (bicyclic) bond motifs is 1. The average Bonchev–Trinajstić information content (AvgIpc) is 2.06. The summed E-state index contributed by atoms with van der Waals surface area (Å²) in [5.74, 6) is 0. The smallest absolute Gasteiger partial charge is 0.0983 e. The summed E-state index contributed by atoms with van der Waals surface area (Å²) in [6.45, 7) is 11.9. The van der Waals surface area contributed by atoms with Crippen molar-refractivity contribution in [2.45, 2.75) is 44.6 Å². The number of nitrogens with one attached hydrogen (secondary N) is 4.